The predicted molar refractivity (Wildman–Crippen MR) is 108 cm³/mol. The van der Waals surface area contributed by atoms with Crippen molar-refractivity contribution in [3.8, 4) is 22.8 Å². The first kappa shape index (κ1) is 20.2. The number of rotatable bonds is 8. The van der Waals surface area contributed by atoms with Crippen LogP contribution >= 0.6 is 0 Å². The van der Waals surface area contributed by atoms with Crippen molar-refractivity contribution in [2.24, 2.45) is 0 Å². The lowest BCUT2D eigenvalue weighted by molar-refractivity contribution is -0.119. The standard InChI is InChI=1S/C21H30N4O3/c1-15(26)22-10-9-17-6-4-5-11-25(17)14-16-13-23-24-21(16)19-8-7-18(27-2)12-20(19)28-3/h7-8,12-13,17H,4-6,9-11,14H2,1-3H3,(H,22,26)(H,23,24)/t17-/m0/s1. The number of carbonyl (C=O) groups is 1. The largest absolute Gasteiger partial charge is 0.497 e. The Balaban J connectivity index is 1.76. The molecule has 1 aromatic heterocycles. The molecule has 3 rings (SSSR count). The third-order valence-corrected chi connectivity index (χ3v) is 5.37. The summed E-state index contributed by atoms with van der Waals surface area (Å²) in [4.78, 5) is 13.7. The van der Waals surface area contributed by atoms with Crippen LogP contribution in [0.3, 0.4) is 0 Å². The van der Waals surface area contributed by atoms with Crippen LogP contribution in [0.15, 0.2) is 24.4 Å². The molecule has 0 bridgehead atoms. The molecule has 0 saturated carbocycles. The summed E-state index contributed by atoms with van der Waals surface area (Å²) in [5, 5.41) is 10.4. The molecule has 152 valence electrons. The Morgan fingerprint density at radius 2 is 2.18 bits per heavy atom. The first-order valence-electron chi connectivity index (χ1n) is 9.85. The molecule has 7 heteroatoms. The summed E-state index contributed by atoms with van der Waals surface area (Å²) in [7, 11) is 3.31. The monoisotopic (exact) mass is 386 g/mol. The number of piperidine rings is 1. The van der Waals surface area contributed by atoms with Crippen molar-refractivity contribution in [3.05, 3.63) is 30.0 Å². The summed E-state index contributed by atoms with van der Waals surface area (Å²) in [5.41, 5.74) is 3.10. The zero-order chi connectivity index (χ0) is 19.9. The minimum absolute atomic E-state index is 0.0334. The third-order valence-electron chi connectivity index (χ3n) is 5.37. The van der Waals surface area contributed by atoms with Gasteiger partial charge >= 0.3 is 0 Å². The van der Waals surface area contributed by atoms with Crippen molar-refractivity contribution >= 4 is 5.91 Å². The number of nitrogens with one attached hydrogen (secondary N) is 2. The Morgan fingerprint density at radius 1 is 1.32 bits per heavy atom. The highest BCUT2D eigenvalue weighted by molar-refractivity contribution is 5.72. The number of amides is 1. The van der Waals surface area contributed by atoms with E-state index in [1.54, 1.807) is 21.1 Å². The first-order valence-corrected chi connectivity index (χ1v) is 9.85. The van der Waals surface area contributed by atoms with E-state index in [9.17, 15) is 4.79 Å². The molecule has 28 heavy (non-hydrogen) atoms. The highest BCUT2D eigenvalue weighted by Gasteiger charge is 2.24. The van der Waals surface area contributed by atoms with Gasteiger partial charge in [-0.3, -0.25) is 14.8 Å². The maximum absolute atomic E-state index is 11.2. The molecule has 0 spiro atoms. The fourth-order valence-electron chi connectivity index (χ4n) is 3.90. The van der Waals surface area contributed by atoms with E-state index in [0.717, 1.165) is 54.4 Å². The van der Waals surface area contributed by atoms with Crippen molar-refractivity contribution in [1.82, 2.24) is 20.4 Å². The van der Waals surface area contributed by atoms with E-state index in [0.29, 0.717) is 6.04 Å². The van der Waals surface area contributed by atoms with Gasteiger partial charge in [0.05, 0.1) is 26.1 Å². The number of likely N-dealkylation sites (tertiary alicyclic amines) is 1. The zero-order valence-electron chi connectivity index (χ0n) is 17.0. The van der Waals surface area contributed by atoms with E-state index in [1.165, 1.54) is 19.3 Å². The maximum atomic E-state index is 11.2. The van der Waals surface area contributed by atoms with Crippen LogP contribution in [-0.4, -0.2) is 54.4 Å². The van der Waals surface area contributed by atoms with Gasteiger partial charge in [-0.25, -0.2) is 0 Å². The lowest BCUT2D eigenvalue weighted by Gasteiger charge is -2.35. The minimum atomic E-state index is 0.0334. The van der Waals surface area contributed by atoms with E-state index in [2.05, 4.69) is 20.4 Å². The van der Waals surface area contributed by atoms with E-state index < -0.39 is 0 Å². The summed E-state index contributed by atoms with van der Waals surface area (Å²) in [6.45, 7) is 4.18. The van der Waals surface area contributed by atoms with Gasteiger partial charge in [-0.2, -0.15) is 5.10 Å². The number of hydrogen-bond donors (Lipinski definition) is 2. The molecular weight excluding hydrogens is 356 g/mol. The van der Waals surface area contributed by atoms with Gasteiger partial charge in [0.2, 0.25) is 5.91 Å². The van der Waals surface area contributed by atoms with Gasteiger partial charge in [0.1, 0.15) is 11.5 Å². The number of aromatic nitrogens is 2. The second kappa shape index (κ2) is 9.59. The predicted octanol–water partition coefficient (Wildman–Crippen LogP) is 2.97. The van der Waals surface area contributed by atoms with Crippen molar-refractivity contribution in [2.75, 3.05) is 27.3 Å². The van der Waals surface area contributed by atoms with Crippen molar-refractivity contribution < 1.29 is 14.3 Å². The third kappa shape index (κ3) is 4.84. The Bertz CT molecular complexity index is 790. The maximum Gasteiger partial charge on any atom is 0.216 e. The smallest absolute Gasteiger partial charge is 0.216 e. The fourth-order valence-corrected chi connectivity index (χ4v) is 3.90. The summed E-state index contributed by atoms with van der Waals surface area (Å²) in [6, 6.07) is 6.29. The highest BCUT2D eigenvalue weighted by Crippen LogP contribution is 2.35. The normalized spacial score (nSPS) is 17.3. The average molecular weight is 386 g/mol. The summed E-state index contributed by atoms with van der Waals surface area (Å²) >= 11 is 0. The molecule has 1 atom stereocenters. The van der Waals surface area contributed by atoms with E-state index in [-0.39, 0.29) is 5.91 Å². The SMILES string of the molecule is COc1ccc(-c2[nH]ncc2CN2CCCC[C@H]2CCNC(C)=O)c(OC)c1. The fraction of sp³-hybridized carbons (Fsp3) is 0.524. The topological polar surface area (TPSA) is 79.5 Å². The Kier molecular flexibility index (Phi) is 6.92. The molecule has 1 aliphatic heterocycles. The molecule has 1 saturated heterocycles. The first-order chi connectivity index (χ1) is 13.6. The van der Waals surface area contributed by atoms with E-state index >= 15 is 0 Å². The Morgan fingerprint density at radius 3 is 2.93 bits per heavy atom. The molecule has 2 aromatic rings. The average Bonchev–Trinajstić information content (AvgIpc) is 3.16. The highest BCUT2D eigenvalue weighted by atomic mass is 16.5. The second-order valence-electron chi connectivity index (χ2n) is 7.23. The lowest BCUT2D eigenvalue weighted by Crippen LogP contribution is -2.41. The minimum Gasteiger partial charge on any atom is -0.497 e. The number of carbonyl (C=O) groups excluding carboxylic acids is 1. The van der Waals surface area contributed by atoms with Gasteiger partial charge in [-0.1, -0.05) is 6.42 Å². The van der Waals surface area contributed by atoms with Crippen LogP contribution < -0.4 is 14.8 Å². The number of benzene rings is 1. The molecule has 1 aromatic carbocycles. The number of methoxy groups -OCH3 is 2. The van der Waals surface area contributed by atoms with Gasteiger partial charge in [-0.15, -0.1) is 0 Å². The van der Waals surface area contributed by atoms with Gasteiger partial charge in [0.25, 0.3) is 0 Å². The van der Waals surface area contributed by atoms with Crippen LogP contribution in [0.5, 0.6) is 11.5 Å². The molecule has 0 unspecified atom stereocenters. The van der Waals surface area contributed by atoms with Crippen LogP contribution in [0.25, 0.3) is 11.3 Å². The van der Waals surface area contributed by atoms with E-state index in [4.69, 9.17) is 9.47 Å². The number of H-pyrrole nitrogens is 1. The second-order valence-corrected chi connectivity index (χ2v) is 7.23. The molecular formula is C21H30N4O3. The summed E-state index contributed by atoms with van der Waals surface area (Å²) < 4.78 is 10.9. The van der Waals surface area contributed by atoms with Crippen LogP contribution in [0.4, 0.5) is 0 Å². The molecule has 0 aliphatic carbocycles. The van der Waals surface area contributed by atoms with Gasteiger partial charge in [0.15, 0.2) is 0 Å². The van der Waals surface area contributed by atoms with Crippen molar-refractivity contribution in [1.29, 1.82) is 0 Å². The zero-order valence-corrected chi connectivity index (χ0v) is 17.0. The molecule has 0 radical (unpaired) electrons. The number of aromatic amines is 1. The molecule has 1 amide bonds. The van der Waals surface area contributed by atoms with E-state index in [1.807, 2.05) is 24.4 Å². The summed E-state index contributed by atoms with van der Waals surface area (Å²) in [5.74, 6) is 1.55. The molecule has 2 heterocycles. The van der Waals surface area contributed by atoms with Crippen LogP contribution in [0.1, 0.15) is 38.2 Å². The Hall–Kier alpha value is -2.54. The van der Waals surface area contributed by atoms with Crippen molar-refractivity contribution in [3.63, 3.8) is 0 Å². The quantitative estimate of drug-likeness (QED) is 0.729. The molecule has 1 aliphatic rings. The van der Waals surface area contributed by atoms with Crippen LogP contribution in [0, 0.1) is 0 Å². The molecule has 1 fully saturated rings. The van der Waals surface area contributed by atoms with Crippen LogP contribution in [-0.2, 0) is 11.3 Å². The number of ether oxygens (including phenoxy) is 2. The lowest BCUT2D eigenvalue weighted by atomic mass is 9.98. The number of nitrogens with zero attached hydrogens (tertiary/aromatic N) is 2. The number of hydrogen-bond acceptors (Lipinski definition) is 5. The van der Waals surface area contributed by atoms with Crippen molar-refractivity contribution in [2.45, 2.75) is 45.2 Å². The van der Waals surface area contributed by atoms with Gasteiger partial charge in [0, 0.05) is 43.2 Å². The Labute approximate surface area is 166 Å². The van der Waals surface area contributed by atoms with Crippen LogP contribution in [0.2, 0.25) is 0 Å². The molecule has 7 nitrogen and oxygen atoms in total. The van der Waals surface area contributed by atoms with Gasteiger partial charge < -0.3 is 14.8 Å². The molecule has 2 N–H and O–H groups in total. The summed E-state index contributed by atoms with van der Waals surface area (Å²) in [6.07, 6.45) is 6.48. The van der Waals surface area contributed by atoms with Gasteiger partial charge in [-0.05, 0) is 37.9 Å².